The molecule has 1 spiro atoms. The number of thiophene rings is 1. The lowest BCUT2D eigenvalue weighted by atomic mass is 9.96. The van der Waals surface area contributed by atoms with Crippen molar-refractivity contribution in [2.75, 3.05) is 32.1 Å². The topological polar surface area (TPSA) is 91.1 Å². The van der Waals surface area contributed by atoms with Gasteiger partial charge in [-0.2, -0.15) is 15.0 Å². The van der Waals surface area contributed by atoms with E-state index in [0.717, 1.165) is 30.8 Å². The first-order valence-corrected chi connectivity index (χ1v) is 9.65. The first-order valence-electron chi connectivity index (χ1n) is 8.77. The van der Waals surface area contributed by atoms with Crippen molar-refractivity contribution in [1.82, 2.24) is 25.3 Å². The average molecular weight is 386 g/mol. The van der Waals surface area contributed by atoms with Gasteiger partial charge in [0.05, 0.1) is 7.11 Å². The molecule has 0 unspecified atom stereocenters. The molecule has 0 atom stereocenters. The van der Waals surface area contributed by atoms with Gasteiger partial charge in [-0.15, -0.1) is 16.4 Å². The number of nitrogens with one attached hydrogen (secondary N) is 1. The van der Waals surface area contributed by atoms with Crippen LogP contribution >= 0.6 is 11.3 Å². The maximum atomic E-state index is 5.25. The zero-order valence-electron chi connectivity index (χ0n) is 15.6. The molecule has 1 N–H and O–H groups in total. The second-order valence-corrected chi connectivity index (χ2v) is 7.62. The molecule has 1 saturated heterocycles. The Kier molecular flexibility index (Phi) is 4.75. The molecule has 142 valence electrons. The fraction of sp³-hybridized carbons (Fsp3) is 0.471. The van der Waals surface area contributed by atoms with E-state index in [4.69, 9.17) is 4.74 Å². The highest BCUT2D eigenvalue weighted by Crippen LogP contribution is 2.33. The number of aromatic nitrogens is 3. The second kappa shape index (κ2) is 7.20. The molecule has 0 aliphatic carbocycles. The number of hydrazone groups is 1. The highest BCUT2D eigenvalue weighted by atomic mass is 32.1. The van der Waals surface area contributed by atoms with Crippen LogP contribution in [0.3, 0.4) is 0 Å². The number of anilines is 1. The monoisotopic (exact) mass is 386 g/mol. The Morgan fingerprint density at radius 2 is 2.11 bits per heavy atom. The number of piperidine rings is 1. The van der Waals surface area contributed by atoms with E-state index >= 15 is 0 Å². The molecule has 2 aromatic rings. The molecule has 2 aliphatic heterocycles. The summed E-state index contributed by atoms with van der Waals surface area (Å²) in [6, 6.07) is 4.30. The average Bonchev–Trinajstić information content (AvgIpc) is 3.30. The standard InChI is InChI=1S/C17H22N8OS/c1-12-19-15(21-16(20-12)26-3)25-14(18-11-13-5-4-10-27-13)22-23-17(25)6-8-24(2)9-7-17/h4-5,10-11,23H,6-9H2,1-3H3/b18-11+. The van der Waals surface area contributed by atoms with Gasteiger partial charge in [0.2, 0.25) is 5.95 Å². The van der Waals surface area contributed by atoms with Crippen LogP contribution in [0.2, 0.25) is 0 Å². The molecule has 0 radical (unpaired) electrons. The molecule has 0 saturated carbocycles. The van der Waals surface area contributed by atoms with Crippen molar-refractivity contribution in [3.63, 3.8) is 0 Å². The Labute approximate surface area is 161 Å². The summed E-state index contributed by atoms with van der Waals surface area (Å²) in [7, 11) is 3.68. The second-order valence-electron chi connectivity index (χ2n) is 6.64. The first kappa shape index (κ1) is 17.8. The van der Waals surface area contributed by atoms with Crippen LogP contribution in [-0.4, -0.2) is 64.9 Å². The Bertz CT molecular complexity index is 858. The number of ether oxygens (including phenoxy) is 1. The van der Waals surface area contributed by atoms with Crippen LogP contribution in [0.5, 0.6) is 6.01 Å². The number of aryl methyl sites for hydroxylation is 1. The maximum absolute atomic E-state index is 5.25. The minimum atomic E-state index is -0.395. The lowest BCUT2D eigenvalue weighted by Gasteiger charge is -2.42. The van der Waals surface area contributed by atoms with Gasteiger partial charge in [-0.05, 0) is 25.4 Å². The van der Waals surface area contributed by atoms with Crippen molar-refractivity contribution in [1.29, 1.82) is 0 Å². The van der Waals surface area contributed by atoms with Crippen LogP contribution in [-0.2, 0) is 0 Å². The summed E-state index contributed by atoms with van der Waals surface area (Å²) in [6.07, 6.45) is 3.56. The highest BCUT2D eigenvalue weighted by Gasteiger charge is 2.47. The lowest BCUT2D eigenvalue weighted by Crippen LogP contribution is -2.60. The molecule has 4 heterocycles. The van der Waals surface area contributed by atoms with E-state index < -0.39 is 5.66 Å². The summed E-state index contributed by atoms with van der Waals surface area (Å²) in [5.74, 6) is 1.63. The van der Waals surface area contributed by atoms with Crippen LogP contribution in [0.4, 0.5) is 5.95 Å². The van der Waals surface area contributed by atoms with Crippen molar-refractivity contribution in [3.05, 3.63) is 28.2 Å². The zero-order chi connectivity index (χ0) is 18.9. The fourth-order valence-corrected chi connectivity index (χ4v) is 3.84. The third-order valence-electron chi connectivity index (χ3n) is 4.75. The number of hydrogen-bond donors (Lipinski definition) is 1. The summed E-state index contributed by atoms with van der Waals surface area (Å²) in [4.78, 5) is 23.2. The van der Waals surface area contributed by atoms with Gasteiger partial charge in [-0.3, -0.25) is 10.3 Å². The largest absolute Gasteiger partial charge is 0.467 e. The van der Waals surface area contributed by atoms with Gasteiger partial charge in [0.25, 0.3) is 5.96 Å². The van der Waals surface area contributed by atoms with Gasteiger partial charge in [0, 0.05) is 37.0 Å². The van der Waals surface area contributed by atoms with Crippen molar-refractivity contribution in [2.45, 2.75) is 25.4 Å². The van der Waals surface area contributed by atoms with Crippen LogP contribution in [0.1, 0.15) is 23.5 Å². The Morgan fingerprint density at radius 3 is 2.81 bits per heavy atom. The molecule has 4 rings (SSSR count). The molecule has 9 nitrogen and oxygen atoms in total. The summed E-state index contributed by atoms with van der Waals surface area (Å²) in [6.45, 7) is 3.72. The lowest BCUT2D eigenvalue weighted by molar-refractivity contribution is 0.171. The van der Waals surface area contributed by atoms with Crippen LogP contribution in [0.15, 0.2) is 27.6 Å². The van der Waals surface area contributed by atoms with Gasteiger partial charge >= 0.3 is 6.01 Å². The molecule has 1 fully saturated rings. The van der Waals surface area contributed by atoms with Gasteiger partial charge in [-0.25, -0.2) is 4.99 Å². The van der Waals surface area contributed by atoms with Crippen molar-refractivity contribution < 1.29 is 4.74 Å². The molecular weight excluding hydrogens is 364 g/mol. The molecule has 27 heavy (non-hydrogen) atoms. The SMILES string of the molecule is COc1nc(C)nc(N2C(/N=C/c3cccs3)=NNC23CCN(C)CC3)n1. The van der Waals surface area contributed by atoms with E-state index in [-0.39, 0.29) is 6.01 Å². The van der Waals surface area contributed by atoms with Gasteiger partial charge in [0.1, 0.15) is 11.5 Å². The normalized spacial score (nSPS) is 19.5. The minimum Gasteiger partial charge on any atom is -0.467 e. The summed E-state index contributed by atoms with van der Waals surface area (Å²) >= 11 is 1.63. The fourth-order valence-electron chi connectivity index (χ4n) is 3.26. The van der Waals surface area contributed by atoms with Crippen molar-refractivity contribution in [2.24, 2.45) is 10.1 Å². The number of methoxy groups -OCH3 is 1. The van der Waals surface area contributed by atoms with Gasteiger partial charge in [0.15, 0.2) is 0 Å². The van der Waals surface area contributed by atoms with E-state index in [0.29, 0.717) is 17.7 Å². The van der Waals surface area contributed by atoms with E-state index in [1.165, 1.54) is 0 Å². The number of nitrogens with zero attached hydrogens (tertiary/aromatic N) is 7. The van der Waals surface area contributed by atoms with Crippen molar-refractivity contribution in [3.8, 4) is 6.01 Å². The summed E-state index contributed by atoms with van der Waals surface area (Å²) < 4.78 is 5.25. The van der Waals surface area contributed by atoms with Crippen LogP contribution in [0.25, 0.3) is 0 Å². The smallest absolute Gasteiger partial charge is 0.321 e. The molecule has 0 amide bonds. The molecule has 0 bridgehead atoms. The Balaban J connectivity index is 1.72. The summed E-state index contributed by atoms with van der Waals surface area (Å²) in [5.41, 5.74) is 2.92. The molecular formula is C17H22N8OS. The van der Waals surface area contributed by atoms with Crippen molar-refractivity contribution >= 4 is 29.5 Å². The number of aliphatic imine (C=N–C) groups is 1. The predicted octanol–water partition coefficient (Wildman–Crippen LogP) is 1.47. The van der Waals surface area contributed by atoms with E-state index in [1.54, 1.807) is 18.4 Å². The molecule has 10 heteroatoms. The number of likely N-dealkylation sites (tertiary alicyclic amines) is 1. The van der Waals surface area contributed by atoms with E-state index in [2.05, 4.69) is 42.4 Å². The Hall–Kier alpha value is -2.59. The highest BCUT2D eigenvalue weighted by molar-refractivity contribution is 7.11. The predicted molar refractivity (Wildman–Crippen MR) is 106 cm³/mol. The first-order chi connectivity index (χ1) is 13.1. The van der Waals surface area contributed by atoms with Crippen LogP contribution in [0, 0.1) is 6.92 Å². The minimum absolute atomic E-state index is 0.286. The Morgan fingerprint density at radius 1 is 1.30 bits per heavy atom. The maximum Gasteiger partial charge on any atom is 0.321 e. The van der Waals surface area contributed by atoms with E-state index in [1.807, 2.05) is 35.6 Å². The van der Waals surface area contributed by atoms with E-state index in [9.17, 15) is 0 Å². The quantitative estimate of drug-likeness (QED) is 0.799. The molecule has 2 aromatic heterocycles. The number of hydrogen-bond acceptors (Lipinski definition) is 10. The number of rotatable bonds is 3. The zero-order valence-corrected chi connectivity index (χ0v) is 16.4. The van der Waals surface area contributed by atoms with Gasteiger partial charge < -0.3 is 9.64 Å². The molecule has 2 aliphatic rings. The number of guanidine groups is 1. The molecule has 0 aromatic carbocycles. The van der Waals surface area contributed by atoms with Gasteiger partial charge in [-0.1, -0.05) is 6.07 Å². The summed E-state index contributed by atoms with van der Waals surface area (Å²) in [5, 5.41) is 6.54. The van der Waals surface area contributed by atoms with Crippen LogP contribution < -0.4 is 15.1 Å². The third kappa shape index (κ3) is 3.50. The third-order valence-corrected chi connectivity index (χ3v) is 5.56.